The molecule has 5 nitrogen and oxygen atoms in total. The van der Waals surface area contributed by atoms with Crippen LogP contribution in [0.1, 0.15) is 12.8 Å². The van der Waals surface area contributed by atoms with Gasteiger partial charge in [0.2, 0.25) is 0 Å². The maximum atomic E-state index is 13.5. The second kappa shape index (κ2) is 5.66. The molecule has 0 unspecified atom stereocenters. The van der Waals surface area contributed by atoms with E-state index in [2.05, 4.69) is 21.2 Å². The first kappa shape index (κ1) is 14.0. The highest BCUT2D eigenvalue weighted by Crippen LogP contribution is 2.27. The molecule has 2 atom stereocenters. The van der Waals surface area contributed by atoms with Gasteiger partial charge in [0, 0.05) is 4.47 Å². The van der Waals surface area contributed by atoms with Crippen LogP contribution in [0.3, 0.4) is 0 Å². The minimum Gasteiger partial charge on any atom is -0.479 e. The van der Waals surface area contributed by atoms with Gasteiger partial charge in [0.25, 0.3) is 5.91 Å². The Morgan fingerprint density at radius 1 is 1.37 bits per heavy atom. The molecule has 102 valence electrons. The molecule has 0 spiro atoms. The van der Waals surface area contributed by atoms with Crippen LogP contribution in [-0.2, 0) is 14.3 Å². The third kappa shape index (κ3) is 3.10. The molecular formula is C12H11BrFNO4. The SMILES string of the molecule is O=C(Nc1c(F)cccc1Br)[C@@H]1CC[C@H](C(=O)O)O1. The number of ether oxygens (including phenoxy) is 1. The summed E-state index contributed by atoms with van der Waals surface area (Å²) in [7, 11) is 0. The quantitative estimate of drug-likeness (QED) is 0.889. The molecule has 1 aromatic carbocycles. The van der Waals surface area contributed by atoms with E-state index < -0.39 is 29.9 Å². The zero-order chi connectivity index (χ0) is 14.0. The largest absolute Gasteiger partial charge is 0.479 e. The number of benzene rings is 1. The van der Waals surface area contributed by atoms with Crippen LogP contribution in [0.25, 0.3) is 0 Å². The third-order valence-electron chi connectivity index (χ3n) is 2.80. The highest BCUT2D eigenvalue weighted by atomic mass is 79.9. The number of carboxylic acids is 1. The van der Waals surface area contributed by atoms with Crippen LogP contribution in [0.4, 0.5) is 10.1 Å². The monoisotopic (exact) mass is 331 g/mol. The van der Waals surface area contributed by atoms with Crippen molar-refractivity contribution in [3.05, 3.63) is 28.5 Å². The minimum absolute atomic E-state index is 0.0230. The van der Waals surface area contributed by atoms with E-state index in [9.17, 15) is 14.0 Å². The number of halogens is 2. The molecule has 1 fully saturated rings. The van der Waals surface area contributed by atoms with Crippen molar-refractivity contribution in [2.45, 2.75) is 25.0 Å². The van der Waals surface area contributed by atoms with Crippen molar-refractivity contribution in [2.75, 3.05) is 5.32 Å². The summed E-state index contributed by atoms with van der Waals surface area (Å²) in [5.41, 5.74) is 0.0230. The molecule has 1 aliphatic heterocycles. The van der Waals surface area contributed by atoms with Crippen molar-refractivity contribution in [3.63, 3.8) is 0 Å². The molecule has 0 radical (unpaired) electrons. The van der Waals surface area contributed by atoms with Crippen LogP contribution in [0.5, 0.6) is 0 Å². The van der Waals surface area contributed by atoms with Gasteiger partial charge in [0.1, 0.15) is 11.9 Å². The number of nitrogens with one attached hydrogen (secondary N) is 1. The Balaban J connectivity index is 2.04. The van der Waals surface area contributed by atoms with Gasteiger partial charge in [0.05, 0.1) is 5.69 Å². The molecule has 1 heterocycles. The van der Waals surface area contributed by atoms with Gasteiger partial charge in [-0.05, 0) is 40.9 Å². The minimum atomic E-state index is -1.10. The second-order valence-corrected chi connectivity index (χ2v) is 4.97. The van der Waals surface area contributed by atoms with Crippen LogP contribution in [-0.4, -0.2) is 29.2 Å². The predicted octanol–water partition coefficient (Wildman–Crippen LogP) is 2.16. The summed E-state index contributed by atoms with van der Waals surface area (Å²) in [4.78, 5) is 22.6. The lowest BCUT2D eigenvalue weighted by molar-refractivity contribution is -0.150. The van der Waals surface area contributed by atoms with E-state index >= 15 is 0 Å². The number of carbonyl (C=O) groups is 2. The molecule has 2 rings (SSSR count). The maximum Gasteiger partial charge on any atom is 0.332 e. The van der Waals surface area contributed by atoms with E-state index in [1.165, 1.54) is 12.1 Å². The average Bonchev–Trinajstić information content (AvgIpc) is 2.83. The zero-order valence-electron chi connectivity index (χ0n) is 9.73. The average molecular weight is 332 g/mol. The normalized spacial score (nSPS) is 22.2. The van der Waals surface area contributed by atoms with Crippen LogP contribution in [0.15, 0.2) is 22.7 Å². The van der Waals surface area contributed by atoms with Crippen LogP contribution < -0.4 is 5.32 Å². The lowest BCUT2D eigenvalue weighted by Crippen LogP contribution is -2.30. The number of carbonyl (C=O) groups excluding carboxylic acids is 1. The molecule has 0 aliphatic carbocycles. The van der Waals surface area contributed by atoms with Crippen LogP contribution in [0.2, 0.25) is 0 Å². The molecule has 0 aromatic heterocycles. The Kier molecular flexibility index (Phi) is 4.16. The number of rotatable bonds is 3. The van der Waals surface area contributed by atoms with E-state index in [1.807, 2.05) is 0 Å². The summed E-state index contributed by atoms with van der Waals surface area (Å²) in [5.74, 6) is -2.22. The maximum absolute atomic E-state index is 13.5. The highest BCUT2D eigenvalue weighted by Gasteiger charge is 2.35. The molecule has 19 heavy (non-hydrogen) atoms. The first-order valence-corrected chi connectivity index (χ1v) is 6.41. The van der Waals surface area contributed by atoms with E-state index in [1.54, 1.807) is 6.07 Å². The Morgan fingerprint density at radius 2 is 2.05 bits per heavy atom. The van der Waals surface area contributed by atoms with Gasteiger partial charge < -0.3 is 15.2 Å². The number of amides is 1. The number of anilines is 1. The molecule has 7 heteroatoms. The fourth-order valence-electron chi connectivity index (χ4n) is 1.83. The summed E-state index contributed by atoms with van der Waals surface area (Å²) < 4.78 is 19.0. The molecular weight excluding hydrogens is 321 g/mol. The van der Waals surface area contributed by atoms with Gasteiger partial charge in [-0.3, -0.25) is 4.79 Å². The smallest absolute Gasteiger partial charge is 0.332 e. The topological polar surface area (TPSA) is 75.6 Å². The van der Waals surface area contributed by atoms with Crippen molar-refractivity contribution in [2.24, 2.45) is 0 Å². The number of aliphatic carboxylic acids is 1. The van der Waals surface area contributed by atoms with E-state index in [-0.39, 0.29) is 12.1 Å². The van der Waals surface area contributed by atoms with Crippen molar-refractivity contribution < 1.29 is 23.8 Å². The number of para-hydroxylation sites is 1. The van der Waals surface area contributed by atoms with Crippen molar-refractivity contribution in [3.8, 4) is 0 Å². The molecule has 1 aliphatic rings. The predicted molar refractivity (Wildman–Crippen MR) is 68.3 cm³/mol. The fourth-order valence-corrected chi connectivity index (χ4v) is 2.27. The lowest BCUT2D eigenvalue weighted by atomic mass is 10.2. The summed E-state index contributed by atoms with van der Waals surface area (Å²) in [6, 6.07) is 4.31. The molecule has 0 bridgehead atoms. The highest BCUT2D eigenvalue weighted by molar-refractivity contribution is 9.10. The third-order valence-corrected chi connectivity index (χ3v) is 3.46. The number of hydrogen-bond donors (Lipinski definition) is 2. The molecule has 2 N–H and O–H groups in total. The summed E-state index contributed by atoms with van der Waals surface area (Å²) in [6.07, 6.45) is -1.27. The van der Waals surface area contributed by atoms with Crippen molar-refractivity contribution in [1.29, 1.82) is 0 Å². The number of hydrogen-bond acceptors (Lipinski definition) is 3. The molecule has 1 aromatic rings. The second-order valence-electron chi connectivity index (χ2n) is 4.11. The fraction of sp³-hybridized carbons (Fsp3) is 0.333. The Morgan fingerprint density at radius 3 is 2.63 bits per heavy atom. The van der Waals surface area contributed by atoms with E-state index in [4.69, 9.17) is 9.84 Å². The summed E-state index contributed by atoms with van der Waals surface area (Å²) in [6.45, 7) is 0. The molecule has 1 amide bonds. The van der Waals surface area contributed by atoms with Gasteiger partial charge in [-0.15, -0.1) is 0 Å². The standard InChI is InChI=1S/C12H11BrFNO4/c13-6-2-1-3-7(14)10(6)15-11(16)8-4-5-9(19-8)12(17)18/h1-3,8-9H,4-5H2,(H,15,16)(H,17,18)/t8-,9+/m0/s1. The first-order valence-electron chi connectivity index (χ1n) is 5.62. The summed E-state index contributed by atoms with van der Waals surface area (Å²) in [5, 5.41) is 11.2. The first-order chi connectivity index (χ1) is 8.99. The van der Waals surface area contributed by atoms with Gasteiger partial charge in [-0.1, -0.05) is 6.07 Å². The van der Waals surface area contributed by atoms with E-state index in [0.29, 0.717) is 10.9 Å². The zero-order valence-corrected chi connectivity index (χ0v) is 11.3. The van der Waals surface area contributed by atoms with Gasteiger partial charge in [-0.2, -0.15) is 0 Å². The molecule has 0 saturated carbocycles. The summed E-state index contributed by atoms with van der Waals surface area (Å²) >= 11 is 3.13. The lowest BCUT2D eigenvalue weighted by Gasteiger charge is -2.13. The molecule has 1 saturated heterocycles. The van der Waals surface area contributed by atoms with Crippen molar-refractivity contribution in [1.82, 2.24) is 0 Å². The van der Waals surface area contributed by atoms with Crippen molar-refractivity contribution >= 4 is 33.5 Å². The van der Waals surface area contributed by atoms with Gasteiger partial charge in [0.15, 0.2) is 6.10 Å². The van der Waals surface area contributed by atoms with Crippen LogP contribution in [0, 0.1) is 5.82 Å². The Bertz CT molecular complexity index is 502. The Hall–Kier alpha value is -1.47. The van der Waals surface area contributed by atoms with Gasteiger partial charge >= 0.3 is 5.97 Å². The number of carboxylic acid groups (broad SMARTS) is 1. The van der Waals surface area contributed by atoms with E-state index in [0.717, 1.165) is 0 Å². The van der Waals surface area contributed by atoms with Crippen LogP contribution >= 0.6 is 15.9 Å². The van der Waals surface area contributed by atoms with Gasteiger partial charge in [-0.25, -0.2) is 9.18 Å². The Labute approximate surface area is 116 Å².